The molecule has 1 atom stereocenters. The number of nitrogens with two attached hydrogens (primary N) is 1. The average Bonchev–Trinajstić information content (AvgIpc) is 3.24. The molecule has 8 heteroatoms. The largest absolute Gasteiger partial charge is 0.311 e. The molecule has 26 heavy (non-hydrogen) atoms. The summed E-state index contributed by atoms with van der Waals surface area (Å²) in [5.74, 6) is 7.64. The van der Waals surface area contributed by atoms with Crippen LogP contribution in [0.25, 0.3) is 5.82 Å². The molecule has 0 saturated heterocycles. The summed E-state index contributed by atoms with van der Waals surface area (Å²) in [4.78, 5) is 28.7. The van der Waals surface area contributed by atoms with Crippen LogP contribution in [0.1, 0.15) is 23.9 Å². The van der Waals surface area contributed by atoms with Crippen molar-refractivity contribution in [2.75, 3.05) is 16.9 Å². The van der Waals surface area contributed by atoms with Crippen molar-refractivity contribution in [2.24, 2.45) is 5.84 Å². The van der Waals surface area contributed by atoms with Crippen molar-refractivity contribution in [2.45, 2.75) is 18.8 Å². The van der Waals surface area contributed by atoms with Crippen LogP contribution in [0.3, 0.4) is 0 Å². The highest BCUT2D eigenvalue weighted by molar-refractivity contribution is 6.12. The number of amides is 1. The van der Waals surface area contributed by atoms with Gasteiger partial charge in [0.05, 0.1) is 5.56 Å². The summed E-state index contributed by atoms with van der Waals surface area (Å²) < 4.78 is 1.90. The quantitative estimate of drug-likeness (QED) is 0.533. The number of fused-ring (bicyclic) bond motifs is 6. The van der Waals surface area contributed by atoms with Crippen LogP contribution in [0, 0.1) is 0 Å². The van der Waals surface area contributed by atoms with E-state index in [1.807, 2.05) is 46.9 Å². The van der Waals surface area contributed by atoms with E-state index in [0.29, 0.717) is 30.2 Å². The van der Waals surface area contributed by atoms with Gasteiger partial charge in [0.15, 0.2) is 0 Å². The van der Waals surface area contributed by atoms with Gasteiger partial charge in [0.25, 0.3) is 0 Å². The fourth-order valence-corrected chi connectivity index (χ4v) is 4.30. The molecule has 5 rings (SSSR count). The Kier molecular flexibility index (Phi) is 2.96. The van der Waals surface area contributed by atoms with Crippen molar-refractivity contribution in [1.82, 2.24) is 19.5 Å². The minimum atomic E-state index is -0.938. The standard InChI is InChI=1S/C18H17N7O/c1-2-24-12-6-4-3-5-11(12)18(17(24)26)9-13-20-7-8-25(13)16-14(18)15(23-19)21-10-22-16/h3-8,10H,2,9,19H2,1H3,(H,21,22,23). The smallest absolute Gasteiger partial charge is 0.242 e. The SMILES string of the molecule is CCN1C(=O)C2(Cc3nccn3-c3ncnc(NN)c32)c2ccccc21. The van der Waals surface area contributed by atoms with Crippen LogP contribution < -0.4 is 16.2 Å². The van der Waals surface area contributed by atoms with Crippen molar-refractivity contribution >= 4 is 17.4 Å². The first-order valence-electron chi connectivity index (χ1n) is 8.48. The first kappa shape index (κ1) is 15.0. The van der Waals surface area contributed by atoms with E-state index in [0.717, 1.165) is 17.1 Å². The number of nitrogens with zero attached hydrogens (tertiary/aromatic N) is 5. The number of imidazole rings is 1. The highest BCUT2D eigenvalue weighted by Crippen LogP contribution is 2.52. The Morgan fingerprint density at radius 2 is 2.12 bits per heavy atom. The number of para-hydroxylation sites is 1. The molecule has 3 aromatic rings. The molecule has 2 aliphatic heterocycles. The zero-order chi connectivity index (χ0) is 17.9. The Bertz CT molecular complexity index is 1040. The van der Waals surface area contributed by atoms with Gasteiger partial charge in [-0.25, -0.2) is 20.8 Å². The number of anilines is 2. The molecule has 1 amide bonds. The van der Waals surface area contributed by atoms with Crippen LogP contribution in [0.2, 0.25) is 0 Å². The molecule has 0 radical (unpaired) electrons. The van der Waals surface area contributed by atoms with Gasteiger partial charge in [-0.2, -0.15) is 0 Å². The van der Waals surface area contributed by atoms with Crippen LogP contribution in [-0.2, 0) is 16.6 Å². The van der Waals surface area contributed by atoms with Crippen LogP contribution in [0.5, 0.6) is 0 Å². The van der Waals surface area contributed by atoms with Crippen LogP contribution in [-0.4, -0.2) is 32.0 Å². The Labute approximate surface area is 149 Å². The number of nitrogen functional groups attached to an aromatic ring is 1. The van der Waals surface area contributed by atoms with Gasteiger partial charge in [0, 0.05) is 31.0 Å². The molecule has 0 aliphatic carbocycles. The Hall–Kier alpha value is -3.26. The molecule has 0 fully saturated rings. The number of nitrogens with one attached hydrogen (secondary N) is 1. The van der Waals surface area contributed by atoms with E-state index in [4.69, 9.17) is 5.84 Å². The molecular weight excluding hydrogens is 330 g/mol. The fourth-order valence-electron chi connectivity index (χ4n) is 4.30. The number of hydrazine groups is 1. The topological polar surface area (TPSA) is 102 Å². The zero-order valence-electron chi connectivity index (χ0n) is 14.2. The molecule has 0 bridgehead atoms. The Morgan fingerprint density at radius 1 is 1.27 bits per heavy atom. The Balaban J connectivity index is 1.91. The van der Waals surface area contributed by atoms with Crippen molar-refractivity contribution in [3.05, 3.63) is 59.9 Å². The predicted molar refractivity (Wildman–Crippen MR) is 95.9 cm³/mol. The number of aromatic nitrogens is 4. The molecule has 3 N–H and O–H groups in total. The minimum Gasteiger partial charge on any atom is -0.311 e. The molecule has 1 aromatic carbocycles. The zero-order valence-corrected chi connectivity index (χ0v) is 14.2. The first-order chi connectivity index (χ1) is 12.7. The highest BCUT2D eigenvalue weighted by Gasteiger charge is 2.56. The monoisotopic (exact) mass is 347 g/mol. The number of carbonyl (C=O) groups is 1. The maximum Gasteiger partial charge on any atom is 0.242 e. The normalized spacial score (nSPS) is 20.1. The van der Waals surface area contributed by atoms with Gasteiger partial charge in [0.2, 0.25) is 5.91 Å². The summed E-state index contributed by atoms with van der Waals surface area (Å²) in [6, 6.07) is 7.87. The summed E-state index contributed by atoms with van der Waals surface area (Å²) >= 11 is 0. The van der Waals surface area contributed by atoms with Gasteiger partial charge in [-0.1, -0.05) is 18.2 Å². The molecule has 8 nitrogen and oxygen atoms in total. The number of benzene rings is 1. The lowest BCUT2D eigenvalue weighted by Crippen LogP contribution is -2.46. The fraction of sp³-hybridized carbons (Fsp3) is 0.222. The van der Waals surface area contributed by atoms with Crippen molar-refractivity contribution in [3.63, 3.8) is 0 Å². The van der Waals surface area contributed by atoms with Crippen molar-refractivity contribution in [3.8, 4) is 5.82 Å². The third-order valence-electron chi connectivity index (χ3n) is 5.34. The number of hydrogen-bond acceptors (Lipinski definition) is 6. The van der Waals surface area contributed by atoms with Gasteiger partial charge in [-0.15, -0.1) is 0 Å². The van der Waals surface area contributed by atoms with Crippen LogP contribution in [0.4, 0.5) is 11.5 Å². The molecule has 4 heterocycles. The van der Waals surface area contributed by atoms with E-state index >= 15 is 0 Å². The molecule has 2 aromatic heterocycles. The van der Waals surface area contributed by atoms with Crippen LogP contribution in [0.15, 0.2) is 43.0 Å². The summed E-state index contributed by atoms with van der Waals surface area (Å²) in [6.07, 6.45) is 5.44. The third-order valence-corrected chi connectivity index (χ3v) is 5.34. The van der Waals surface area contributed by atoms with E-state index in [2.05, 4.69) is 20.4 Å². The van der Waals surface area contributed by atoms with E-state index in [1.165, 1.54) is 6.33 Å². The highest BCUT2D eigenvalue weighted by atomic mass is 16.2. The number of hydrogen-bond donors (Lipinski definition) is 2. The summed E-state index contributed by atoms with van der Waals surface area (Å²) in [7, 11) is 0. The number of carbonyl (C=O) groups excluding carboxylic acids is 1. The maximum atomic E-state index is 13.7. The molecule has 130 valence electrons. The van der Waals surface area contributed by atoms with E-state index in [-0.39, 0.29) is 5.91 Å². The maximum absolute atomic E-state index is 13.7. The summed E-state index contributed by atoms with van der Waals surface area (Å²) in [6.45, 7) is 2.56. The molecule has 1 unspecified atom stereocenters. The van der Waals surface area contributed by atoms with Gasteiger partial charge in [-0.05, 0) is 18.6 Å². The first-order valence-corrected chi connectivity index (χ1v) is 8.48. The lowest BCUT2D eigenvalue weighted by Gasteiger charge is -2.35. The average molecular weight is 347 g/mol. The van der Waals surface area contributed by atoms with Gasteiger partial charge >= 0.3 is 0 Å². The van der Waals surface area contributed by atoms with Gasteiger partial charge in [-0.3, -0.25) is 9.36 Å². The van der Waals surface area contributed by atoms with Gasteiger partial charge in [0.1, 0.15) is 29.2 Å². The lowest BCUT2D eigenvalue weighted by atomic mass is 9.71. The van der Waals surface area contributed by atoms with Crippen LogP contribution >= 0.6 is 0 Å². The Morgan fingerprint density at radius 3 is 2.92 bits per heavy atom. The predicted octanol–water partition coefficient (Wildman–Crippen LogP) is 1.16. The second-order valence-corrected chi connectivity index (χ2v) is 6.43. The van der Waals surface area contributed by atoms with E-state index in [9.17, 15) is 4.79 Å². The molecular formula is C18H17N7O. The molecule has 0 saturated carbocycles. The lowest BCUT2D eigenvalue weighted by molar-refractivity contribution is -0.122. The molecule has 2 aliphatic rings. The van der Waals surface area contributed by atoms with E-state index < -0.39 is 5.41 Å². The number of likely N-dealkylation sites (N-methyl/N-ethyl adjacent to an activating group) is 1. The van der Waals surface area contributed by atoms with Crippen molar-refractivity contribution in [1.29, 1.82) is 0 Å². The minimum absolute atomic E-state index is 0.00278. The van der Waals surface area contributed by atoms with E-state index in [1.54, 1.807) is 6.20 Å². The summed E-state index contributed by atoms with van der Waals surface area (Å²) in [5, 5.41) is 0. The molecule has 1 spiro atoms. The summed E-state index contributed by atoms with van der Waals surface area (Å²) in [5.41, 5.74) is 4.27. The van der Waals surface area contributed by atoms with Crippen molar-refractivity contribution < 1.29 is 4.79 Å². The second kappa shape index (κ2) is 5.12. The number of rotatable bonds is 2. The second-order valence-electron chi connectivity index (χ2n) is 6.43. The van der Waals surface area contributed by atoms with Gasteiger partial charge < -0.3 is 10.3 Å². The third kappa shape index (κ3) is 1.62.